The lowest BCUT2D eigenvalue weighted by atomic mass is 10.1. The van der Waals surface area contributed by atoms with Gasteiger partial charge in [-0.25, -0.2) is 13.2 Å². The molecule has 2 nitrogen and oxygen atoms in total. The van der Waals surface area contributed by atoms with Crippen molar-refractivity contribution in [3.63, 3.8) is 0 Å². The standard InChI is InChI=1S/C9H4F6N2/c10-6-4(1-2-16)3-17-7(9(13,14)15)5(6)8(11)12/h3,8H,1H2. The summed E-state index contributed by atoms with van der Waals surface area (Å²) in [4.78, 5) is 2.75. The number of alkyl halides is 5. The molecule has 1 heterocycles. The summed E-state index contributed by atoms with van der Waals surface area (Å²) in [5.74, 6) is -1.73. The fourth-order valence-electron chi connectivity index (χ4n) is 1.18. The second-order valence-corrected chi connectivity index (χ2v) is 2.99. The molecule has 0 saturated carbocycles. The maximum Gasteiger partial charge on any atom is 0.433 e. The van der Waals surface area contributed by atoms with Crippen molar-refractivity contribution >= 4 is 0 Å². The van der Waals surface area contributed by atoms with Gasteiger partial charge in [0.05, 0.1) is 18.1 Å². The largest absolute Gasteiger partial charge is 0.433 e. The van der Waals surface area contributed by atoms with E-state index in [0.29, 0.717) is 6.20 Å². The summed E-state index contributed by atoms with van der Waals surface area (Å²) in [5, 5.41) is 8.25. The molecular weight excluding hydrogens is 250 g/mol. The van der Waals surface area contributed by atoms with Crippen molar-refractivity contribution in [1.29, 1.82) is 5.26 Å². The first-order chi connectivity index (χ1) is 7.79. The average Bonchev–Trinajstić information content (AvgIpc) is 2.18. The molecule has 0 amide bonds. The lowest BCUT2D eigenvalue weighted by molar-refractivity contribution is -0.143. The molecule has 0 atom stereocenters. The van der Waals surface area contributed by atoms with Crippen LogP contribution in [0.25, 0.3) is 0 Å². The van der Waals surface area contributed by atoms with Crippen LogP contribution in [0.15, 0.2) is 6.20 Å². The van der Waals surface area contributed by atoms with E-state index in [1.807, 2.05) is 0 Å². The predicted octanol–water partition coefficient (Wildman–Crippen LogP) is 3.24. The highest BCUT2D eigenvalue weighted by atomic mass is 19.4. The minimum Gasteiger partial charge on any atom is -0.251 e. The van der Waals surface area contributed by atoms with E-state index in [-0.39, 0.29) is 0 Å². The molecule has 17 heavy (non-hydrogen) atoms. The summed E-state index contributed by atoms with van der Waals surface area (Å²) in [7, 11) is 0. The van der Waals surface area contributed by atoms with Gasteiger partial charge in [0.2, 0.25) is 0 Å². The highest BCUT2D eigenvalue weighted by Gasteiger charge is 2.40. The molecule has 0 radical (unpaired) electrons. The van der Waals surface area contributed by atoms with Crippen molar-refractivity contribution in [3.8, 4) is 6.07 Å². The van der Waals surface area contributed by atoms with Crippen LogP contribution in [0, 0.1) is 17.1 Å². The summed E-state index contributed by atoms with van der Waals surface area (Å²) in [6.45, 7) is 0. The van der Waals surface area contributed by atoms with Crippen LogP contribution in [0.3, 0.4) is 0 Å². The predicted molar refractivity (Wildman–Crippen MR) is 43.5 cm³/mol. The average molecular weight is 254 g/mol. The fourth-order valence-corrected chi connectivity index (χ4v) is 1.18. The Balaban J connectivity index is 3.46. The van der Waals surface area contributed by atoms with E-state index in [4.69, 9.17) is 5.26 Å². The van der Waals surface area contributed by atoms with Gasteiger partial charge in [-0.1, -0.05) is 0 Å². The first kappa shape index (κ1) is 13.3. The SMILES string of the molecule is N#CCc1cnc(C(F)(F)F)c(C(F)F)c1F. The molecule has 0 aliphatic rings. The Morgan fingerprint density at radius 3 is 2.35 bits per heavy atom. The van der Waals surface area contributed by atoms with Gasteiger partial charge < -0.3 is 0 Å². The number of nitrogens with zero attached hydrogens (tertiary/aromatic N) is 2. The Kier molecular flexibility index (Phi) is 3.60. The van der Waals surface area contributed by atoms with Crippen LogP contribution in [0.5, 0.6) is 0 Å². The fraction of sp³-hybridized carbons (Fsp3) is 0.333. The number of aromatic nitrogens is 1. The van der Waals surface area contributed by atoms with Gasteiger partial charge in [-0.2, -0.15) is 18.4 Å². The zero-order chi connectivity index (χ0) is 13.2. The van der Waals surface area contributed by atoms with Crippen LogP contribution in [0.1, 0.15) is 23.2 Å². The van der Waals surface area contributed by atoms with E-state index in [9.17, 15) is 26.3 Å². The van der Waals surface area contributed by atoms with Crippen molar-refractivity contribution in [2.24, 2.45) is 0 Å². The van der Waals surface area contributed by atoms with Crippen molar-refractivity contribution in [2.45, 2.75) is 19.0 Å². The summed E-state index contributed by atoms with van der Waals surface area (Å²) < 4.78 is 74.9. The highest BCUT2D eigenvalue weighted by molar-refractivity contribution is 5.31. The maximum atomic E-state index is 13.3. The molecule has 0 N–H and O–H groups in total. The third-order valence-electron chi connectivity index (χ3n) is 1.88. The van der Waals surface area contributed by atoms with Crippen molar-refractivity contribution in [1.82, 2.24) is 4.98 Å². The second-order valence-electron chi connectivity index (χ2n) is 2.99. The van der Waals surface area contributed by atoms with Crippen LogP contribution < -0.4 is 0 Å². The number of nitriles is 1. The van der Waals surface area contributed by atoms with Gasteiger partial charge >= 0.3 is 6.18 Å². The molecule has 0 saturated heterocycles. The lowest BCUT2D eigenvalue weighted by Gasteiger charge is -2.13. The molecule has 0 bridgehead atoms. The van der Waals surface area contributed by atoms with Gasteiger partial charge in [0.1, 0.15) is 5.82 Å². The summed E-state index contributed by atoms with van der Waals surface area (Å²) in [5.41, 5.74) is -4.37. The van der Waals surface area contributed by atoms with Crippen LogP contribution in [-0.4, -0.2) is 4.98 Å². The van der Waals surface area contributed by atoms with Crippen LogP contribution >= 0.6 is 0 Å². The van der Waals surface area contributed by atoms with Crippen molar-refractivity contribution in [2.75, 3.05) is 0 Å². The van der Waals surface area contributed by atoms with Crippen LogP contribution in [0.2, 0.25) is 0 Å². The summed E-state index contributed by atoms with van der Waals surface area (Å²) >= 11 is 0. The van der Waals surface area contributed by atoms with Gasteiger partial charge in [0.15, 0.2) is 5.69 Å². The van der Waals surface area contributed by atoms with E-state index < -0.39 is 41.7 Å². The van der Waals surface area contributed by atoms with Gasteiger partial charge in [0, 0.05) is 11.8 Å². The van der Waals surface area contributed by atoms with Gasteiger partial charge in [0.25, 0.3) is 6.43 Å². The number of hydrogen-bond donors (Lipinski definition) is 0. The molecule has 92 valence electrons. The Morgan fingerprint density at radius 2 is 1.94 bits per heavy atom. The van der Waals surface area contributed by atoms with E-state index in [2.05, 4.69) is 4.98 Å². The molecule has 1 aromatic rings. The number of hydrogen-bond acceptors (Lipinski definition) is 2. The van der Waals surface area contributed by atoms with Crippen LogP contribution in [-0.2, 0) is 12.6 Å². The minimum absolute atomic E-state index is 0.438. The van der Waals surface area contributed by atoms with Gasteiger partial charge in [-0.3, -0.25) is 4.98 Å². The van der Waals surface area contributed by atoms with Crippen molar-refractivity contribution in [3.05, 3.63) is 28.8 Å². The third-order valence-corrected chi connectivity index (χ3v) is 1.88. The Bertz CT molecular complexity index is 460. The molecule has 0 aliphatic carbocycles. The number of rotatable bonds is 2. The molecule has 1 rings (SSSR count). The Morgan fingerprint density at radius 1 is 1.35 bits per heavy atom. The van der Waals surface area contributed by atoms with Gasteiger partial charge in [-0.05, 0) is 0 Å². The molecule has 0 spiro atoms. The zero-order valence-corrected chi connectivity index (χ0v) is 8.02. The smallest absolute Gasteiger partial charge is 0.251 e. The molecule has 0 unspecified atom stereocenters. The van der Waals surface area contributed by atoms with E-state index >= 15 is 0 Å². The topological polar surface area (TPSA) is 36.7 Å². The minimum atomic E-state index is -5.17. The van der Waals surface area contributed by atoms with Gasteiger partial charge in [-0.15, -0.1) is 0 Å². The lowest BCUT2D eigenvalue weighted by Crippen LogP contribution is -2.15. The Labute approximate surface area is 91.5 Å². The number of halogens is 6. The third kappa shape index (κ3) is 2.67. The quantitative estimate of drug-likeness (QED) is 0.759. The molecule has 0 aliphatic heterocycles. The second kappa shape index (κ2) is 4.61. The van der Waals surface area contributed by atoms with Crippen LogP contribution in [0.4, 0.5) is 26.3 Å². The van der Waals surface area contributed by atoms with E-state index in [1.54, 1.807) is 0 Å². The first-order valence-electron chi connectivity index (χ1n) is 4.18. The van der Waals surface area contributed by atoms with E-state index in [0.717, 1.165) is 0 Å². The molecular formula is C9H4F6N2. The summed E-state index contributed by atoms with van der Waals surface area (Å²) in [6.07, 6.45) is -9.01. The summed E-state index contributed by atoms with van der Waals surface area (Å²) in [6, 6.07) is 1.44. The number of pyridine rings is 1. The van der Waals surface area contributed by atoms with Crippen molar-refractivity contribution < 1.29 is 26.3 Å². The molecule has 0 fully saturated rings. The Hall–Kier alpha value is -1.78. The van der Waals surface area contributed by atoms with E-state index in [1.165, 1.54) is 6.07 Å². The monoisotopic (exact) mass is 254 g/mol. The normalized spacial score (nSPS) is 11.6. The first-order valence-corrected chi connectivity index (χ1v) is 4.18. The maximum absolute atomic E-state index is 13.3. The zero-order valence-electron chi connectivity index (χ0n) is 8.02. The highest BCUT2D eigenvalue weighted by Crippen LogP contribution is 2.36. The molecule has 0 aromatic carbocycles. The molecule has 1 aromatic heterocycles. The molecule has 8 heteroatoms.